The van der Waals surface area contributed by atoms with Gasteiger partial charge in [0.15, 0.2) is 0 Å². The van der Waals surface area contributed by atoms with E-state index in [9.17, 15) is 0 Å². The van der Waals surface area contributed by atoms with Gasteiger partial charge in [0.25, 0.3) is 0 Å². The van der Waals surface area contributed by atoms with E-state index in [1.165, 1.54) is 23.1 Å². The van der Waals surface area contributed by atoms with Crippen LogP contribution in [0.3, 0.4) is 0 Å². The number of rotatable bonds is 7. The predicted octanol–water partition coefficient (Wildman–Crippen LogP) is 5.71. The zero-order valence-electron chi connectivity index (χ0n) is 13.7. The number of allylic oxidation sites excluding steroid dienone is 2. The summed E-state index contributed by atoms with van der Waals surface area (Å²) in [5, 5.41) is 0. The van der Waals surface area contributed by atoms with Gasteiger partial charge in [-0.05, 0) is 47.6 Å². The van der Waals surface area contributed by atoms with Crippen molar-refractivity contribution in [2.45, 2.75) is 39.5 Å². The van der Waals surface area contributed by atoms with E-state index in [1.807, 2.05) is 6.20 Å². The third-order valence-electron chi connectivity index (χ3n) is 3.75. The summed E-state index contributed by atoms with van der Waals surface area (Å²) in [6.45, 7) is 8.54. The highest BCUT2D eigenvalue weighted by molar-refractivity contribution is 5.67. The molecule has 114 valence electrons. The van der Waals surface area contributed by atoms with Gasteiger partial charge in [0.05, 0.1) is 0 Å². The highest BCUT2D eigenvalue weighted by Crippen LogP contribution is 2.19. The van der Waals surface area contributed by atoms with Crippen LogP contribution in [0.2, 0.25) is 0 Å². The van der Waals surface area contributed by atoms with Crippen molar-refractivity contribution >= 4 is 11.6 Å². The van der Waals surface area contributed by atoms with E-state index < -0.39 is 0 Å². The number of nitrogens with zero attached hydrogens (tertiary/aromatic N) is 1. The molecule has 1 nitrogen and oxygen atoms in total. The summed E-state index contributed by atoms with van der Waals surface area (Å²) in [6, 6.07) is 12.9. The van der Waals surface area contributed by atoms with E-state index in [0.717, 1.165) is 30.5 Å². The minimum Gasteiger partial charge on any atom is -0.261 e. The highest BCUT2D eigenvalue weighted by Gasteiger charge is 2.02. The summed E-state index contributed by atoms with van der Waals surface area (Å²) < 4.78 is 0. The van der Waals surface area contributed by atoms with Crippen LogP contribution >= 0.6 is 0 Å². The molecule has 1 heteroatoms. The molecule has 2 aromatic rings. The summed E-state index contributed by atoms with van der Waals surface area (Å²) in [4.78, 5) is 4.45. The minimum atomic E-state index is 0.849. The van der Waals surface area contributed by atoms with E-state index in [-0.39, 0.29) is 0 Å². The van der Waals surface area contributed by atoms with Crippen LogP contribution in [-0.4, -0.2) is 4.98 Å². The van der Waals surface area contributed by atoms with Gasteiger partial charge in [-0.1, -0.05) is 69.3 Å². The van der Waals surface area contributed by atoms with Crippen molar-refractivity contribution in [3.63, 3.8) is 0 Å². The molecule has 1 heterocycles. The van der Waals surface area contributed by atoms with Gasteiger partial charge in [0, 0.05) is 11.9 Å². The monoisotopic (exact) mass is 291 g/mol. The van der Waals surface area contributed by atoms with Crippen LogP contribution in [0.4, 0.5) is 0 Å². The molecule has 0 saturated heterocycles. The minimum absolute atomic E-state index is 0.849. The Bertz CT molecular complexity index is 618. The largest absolute Gasteiger partial charge is 0.261 e. The average molecular weight is 291 g/mol. The SMILES string of the molecule is C=C(Cc1ccc(CC)nc1)c1ccc(/C=C/CCC)cc1. The molecule has 0 aliphatic rings. The van der Waals surface area contributed by atoms with Gasteiger partial charge in [-0.25, -0.2) is 0 Å². The first-order valence-electron chi connectivity index (χ1n) is 8.11. The van der Waals surface area contributed by atoms with Gasteiger partial charge in [0.2, 0.25) is 0 Å². The van der Waals surface area contributed by atoms with Gasteiger partial charge in [-0.3, -0.25) is 4.98 Å². The molecule has 22 heavy (non-hydrogen) atoms. The molecule has 0 aliphatic heterocycles. The fourth-order valence-corrected chi connectivity index (χ4v) is 2.33. The first-order chi connectivity index (χ1) is 10.7. The lowest BCUT2D eigenvalue weighted by atomic mass is 9.99. The highest BCUT2D eigenvalue weighted by atomic mass is 14.7. The van der Waals surface area contributed by atoms with Crippen LogP contribution in [-0.2, 0) is 12.8 Å². The Kier molecular flexibility index (Phi) is 6.14. The van der Waals surface area contributed by atoms with Crippen LogP contribution in [0.25, 0.3) is 11.6 Å². The number of aromatic nitrogens is 1. The first kappa shape index (κ1) is 16.2. The molecule has 0 atom stereocenters. The molecule has 2 rings (SSSR count). The number of benzene rings is 1. The molecule has 0 N–H and O–H groups in total. The Hall–Kier alpha value is -2.15. The second-order valence-electron chi connectivity index (χ2n) is 5.60. The molecular weight excluding hydrogens is 266 g/mol. The normalized spacial score (nSPS) is 11.0. The summed E-state index contributed by atoms with van der Waals surface area (Å²) >= 11 is 0. The topological polar surface area (TPSA) is 12.9 Å². The van der Waals surface area contributed by atoms with E-state index in [1.54, 1.807) is 0 Å². The quantitative estimate of drug-likeness (QED) is 0.636. The molecule has 0 aliphatic carbocycles. The summed E-state index contributed by atoms with van der Waals surface area (Å²) in [5.41, 5.74) is 5.94. The molecule has 1 aromatic carbocycles. The number of aryl methyl sites for hydroxylation is 1. The Balaban J connectivity index is 1.99. The van der Waals surface area contributed by atoms with Crippen LogP contribution in [0.1, 0.15) is 49.1 Å². The standard InChI is InChI=1S/C21H25N/c1-4-6-7-8-18-9-12-20(13-10-18)17(3)15-19-11-14-21(5-2)22-16-19/h7-14,16H,3-6,15H2,1-2H3/b8-7+. The smallest absolute Gasteiger partial charge is 0.0401 e. The molecule has 0 radical (unpaired) electrons. The second-order valence-corrected chi connectivity index (χ2v) is 5.60. The Morgan fingerprint density at radius 2 is 1.86 bits per heavy atom. The van der Waals surface area contributed by atoms with Crippen LogP contribution in [0.15, 0.2) is 55.3 Å². The van der Waals surface area contributed by atoms with Crippen LogP contribution < -0.4 is 0 Å². The third kappa shape index (κ3) is 4.70. The predicted molar refractivity (Wildman–Crippen MR) is 96.7 cm³/mol. The molecule has 0 saturated carbocycles. The van der Waals surface area contributed by atoms with Crippen LogP contribution in [0.5, 0.6) is 0 Å². The maximum atomic E-state index is 4.45. The molecular formula is C21H25N. The second kappa shape index (κ2) is 8.33. The molecule has 0 bridgehead atoms. The third-order valence-corrected chi connectivity index (χ3v) is 3.75. The average Bonchev–Trinajstić information content (AvgIpc) is 2.56. The van der Waals surface area contributed by atoms with Crippen molar-refractivity contribution in [3.8, 4) is 0 Å². The Morgan fingerprint density at radius 1 is 1.09 bits per heavy atom. The van der Waals surface area contributed by atoms with E-state index >= 15 is 0 Å². The fourth-order valence-electron chi connectivity index (χ4n) is 2.33. The zero-order chi connectivity index (χ0) is 15.8. The lowest BCUT2D eigenvalue weighted by molar-refractivity contribution is 0.962. The van der Waals surface area contributed by atoms with Gasteiger partial charge in [-0.2, -0.15) is 0 Å². The lowest BCUT2D eigenvalue weighted by Crippen LogP contribution is -1.93. The fraction of sp³-hybridized carbons (Fsp3) is 0.286. The van der Waals surface area contributed by atoms with Crippen molar-refractivity contribution in [2.75, 3.05) is 0 Å². The molecule has 1 aromatic heterocycles. The lowest BCUT2D eigenvalue weighted by Gasteiger charge is -2.07. The maximum Gasteiger partial charge on any atom is 0.0401 e. The summed E-state index contributed by atoms with van der Waals surface area (Å²) in [7, 11) is 0. The van der Waals surface area contributed by atoms with E-state index in [0.29, 0.717) is 0 Å². The zero-order valence-corrected chi connectivity index (χ0v) is 13.7. The molecule has 0 unspecified atom stereocenters. The number of pyridine rings is 1. The maximum absolute atomic E-state index is 4.45. The van der Waals surface area contributed by atoms with Crippen molar-refractivity contribution in [1.29, 1.82) is 0 Å². The van der Waals surface area contributed by atoms with Crippen molar-refractivity contribution < 1.29 is 0 Å². The molecule has 0 spiro atoms. The van der Waals surface area contributed by atoms with Crippen molar-refractivity contribution in [3.05, 3.63) is 77.6 Å². The van der Waals surface area contributed by atoms with Crippen molar-refractivity contribution in [2.24, 2.45) is 0 Å². The summed E-state index contributed by atoms with van der Waals surface area (Å²) in [6.07, 6.45) is 10.5. The van der Waals surface area contributed by atoms with E-state index in [4.69, 9.17) is 0 Å². The van der Waals surface area contributed by atoms with Gasteiger partial charge in [0.1, 0.15) is 0 Å². The van der Waals surface area contributed by atoms with Gasteiger partial charge < -0.3 is 0 Å². The summed E-state index contributed by atoms with van der Waals surface area (Å²) in [5.74, 6) is 0. The number of hydrogen-bond acceptors (Lipinski definition) is 1. The first-order valence-corrected chi connectivity index (χ1v) is 8.11. The number of hydrogen-bond donors (Lipinski definition) is 0. The van der Waals surface area contributed by atoms with Gasteiger partial charge in [-0.15, -0.1) is 0 Å². The molecule has 0 amide bonds. The Morgan fingerprint density at radius 3 is 2.45 bits per heavy atom. The van der Waals surface area contributed by atoms with Gasteiger partial charge >= 0.3 is 0 Å². The van der Waals surface area contributed by atoms with Crippen LogP contribution in [0, 0.1) is 0 Å². The van der Waals surface area contributed by atoms with E-state index in [2.05, 4.69) is 74.0 Å². The molecule has 0 fully saturated rings. The number of unbranched alkanes of at least 4 members (excludes halogenated alkanes) is 1. The van der Waals surface area contributed by atoms with Crippen molar-refractivity contribution in [1.82, 2.24) is 4.98 Å². The Labute approximate surface area is 134 Å².